The zero-order valence-corrected chi connectivity index (χ0v) is 51.0. The summed E-state index contributed by atoms with van der Waals surface area (Å²) in [6.07, 6.45) is 87.1. The zero-order valence-electron chi connectivity index (χ0n) is 50.1. The first-order valence-corrected chi connectivity index (χ1v) is 32.6. The second-order valence-corrected chi connectivity index (χ2v) is 23.2. The Bertz CT molecular complexity index is 1710. The van der Waals surface area contributed by atoms with E-state index in [4.69, 9.17) is 9.05 Å². The molecule has 0 spiro atoms. The highest BCUT2D eigenvalue weighted by Crippen LogP contribution is 2.43. The number of unbranched alkanes of at least 4 members (excludes halogenated alkanes) is 22. The van der Waals surface area contributed by atoms with E-state index < -0.39 is 20.0 Å². The largest absolute Gasteiger partial charge is 0.472 e. The molecule has 0 saturated carbocycles. The lowest BCUT2D eigenvalue weighted by Crippen LogP contribution is -2.45. The number of allylic oxidation sites excluding steroid dienone is 21. The number of aliphatic hydroxyl groups is 1. The molecule has 0 fully saturated rings. The van der Waals surface area contributed by atoms with Gasteiger partial charge in [0.25, 0.3) is 0 Å². The summed E-state index contributed by atoms with van der Waals surface area (Å²) >= 11 is 0. The first kappa shape index (κ1) is 73.6. The molecular weight excluding hydrogens is 972 g/mol. The molecule has 3 N–H and O–H groups in total. The molecule has 0 rings (SSSR count). The van der Waals surface area contributed by atoms with Gasteiger partial charge < -0.3 is 19.8 Å². The molecule has 0 aromatic heterocycles. The van der Waals surface area contributed by atoms with Crippen LogP contribution in [0.25, 0.3) is 0 Å². The number of nitrogens with one attached hydrogen (secondary N) is 1. The molecule has 440 valence electrons. The first-order valence-electron chi connectivity index (χ1n) is 31.1. The van der Waals surface area contributed by atoms with E-state index in [9.17, 15) is 19.4 Å². The summed E-state index contributed by atoms with van der Waals surface area (Å²) < 4.78 is 23.7. The van der Waals surface area contributed by atoms with Gasteiger partial charge >= 0.3 is 7.82 Å². The lowest BCUT2D eigenvalue weighted by atomic mass is 10.0. The van der Waals surface area contributed by atoms with Gasteiger partial charge in [-0.05, 0) is 96.3 Å². The van der Waals surface area contributed by atoms with E-state index in [1.807, 2.05) is 27.2 Å². The van der Waals surface area contributed by atoms with Gasteiger partial charge in [-0.3, -0.25) is 13.8 Å². The van der Waals surface area contributed by atoms with Crippen LogP contribution in [-0.4, -0.2) is 73.4 Å². The maximum absolute atomic E-state index is 13.0. The number of amides is 1. The normalized spacial score (nSPS) is 14.7. The fourth-order valence-corrected chi connectivity index (χ4v) is 9.04. The van der Waals surface area contributed by atoms with E-state index in [2.05, 4.69) is 141 Å². The van der Waals surface area contributed by atoms with Crippen molar-refractivity contribution in [3.8, 4) is 0 Å². The van der Waals surface area contributed by atoms with Crippen LogP contribution < -0.4 is 5.32 Å². The lowest BCUT2D eigenvalue weighted by molar-refractivity contribution is -0.870. The van der Waals surface area contributed by atoms with Crippen LogP contribution in [0.4, 0.5) is 0 Å². The summed E-state index contributed by atoms with van der Waals surface area (Å²) in [5.41, 5.74) is 0. The van der Waals surface area contributed by atoms with Crippen molar-refractivity contribution in [1.82, 2.24) is 5.32 Å². The fraction of sp³-hybridized carbons (Fsp3) is 0.662. The molecule has 1 amide bonds. The Labute approximate surface area is 475 Å². The molecule has 0 aliphatic rings. The number of carbonyl (C=O) groups is 1. The molecule has 0 aliphatic heterocycles. The summed E-state index contributed by atoms with van der Waals surface area (Å²) in [5, 5.41) is 13.9. The highest BCUT2D eigenvalue weighted by molar-refractivity contribution is 7.47. The Morgan fingerprint density at radius 1 is 0.455 bits per heavy atom. The summed E-state index contributed by atoms with van der Waals surface area (Å²) in [6, 6.07) is -0.857. The third-order valence-electron chi connectivity index (χ3n) is 13.1. The summed E-state index contributed by atoms with van der Waals surface area (Å²) in [4.78, 5) is 23.3. The zero-order chi connectivity index (χ0) is 56.3. The van der Waals surface area contributed by atoms with Crippen LogP contribution in [0.15, 0.2) is 134 Å². The van der Waals surface area contributed by atoms with Crippen LogP contribution in [-0.2, 0) is 18.4 Å². The third kappa shape index (κ3) is 60.1. The molecule has 0 aliphatic carbocycles. The third-order valence-corrected chi connectivity index (χ3v) is 14.1. The number of hydrogen-bond acceptors (Lipinski definition) is 5. The Morgan fingerprint density at radius 2 is 0.779 bits per heavy atom. The van der Waals surface area contributed by atoms with Gasteiger partial charge in [-0.15, -0.1) is 0 Å². The van der Waals surface area contributed by atoms with Gasteiger partial charge in [0.05, 0.1) is 39.9 Å². The number of likely N-dealkylation sites (N-methyl/N-ethyl adjacent to an activating group) is 1. The second-order valence-electron chi connectivity index (χ2n) is 21.7. The molecule has 0 aromatic carbocycles. The number of phosphoric acid groups is 1. The van der Waals surface area contributed by atoms with Crippen molar-refractivity contribution in [3.05, 3.63) is 134 Å². The molecular formula is C68H118N2O6P+. The molecule has 3 atom stereocenters. The van der Waals surface area contributed by atoms with Crippen molar-refractivity contribution in [2.75, 3.05) is 40.9 Å². The van der Waals surface area contributed by atoms with Crippen LogP contribution >= 0.6 is 7.82 Å². The Morgan fingerprint density at radius 3 is 1.14 bits per heavy atom. The Hall–Kier alpha value is -3.36. The molecule has 0 heterocycles. The minimum absolute atomic E-state index is 0.0551. The average molecular weight is 1090 g/mol. The number of nitrogens with zero attached hydrogens (tertiary/aromatic N) is 1. The van der Waals surface area contributed by atoms with E-state index in [-0.39, 0.29) is 19.1 Å². The molecule has 0 bridgehead atoms. The van der Waals surface area contributed by atoms with Crippen molar-refractivity contribution in [3.63, 3.8) is 0 Å². The molecule has 77 heavy (non-hydrogen) atoms. The maximum atomic E-state index is 13.0. The summed E-state index contributed by atoms with van der Waals surface area (Å²) in [5.74, 6) is -0.187. The fourth-order valence-electron chi connectivity index (χ4n) is 8.30. The summed E-state index contributed by atoms with van der Waals surface area (Å²) in [6.45, 7) is 4.69. The maximum Gasteiger partial charge on any atom is 0.472 e. The predicted octanol–water partition coefficient (Wildman–Crippen LogP) is 19.5. The number of rotatable bonds is 55. The van der Waals surface area contributed by atoms with Crippen molar-refractivity contribution in [2.24, 2.45) is 0 Å². The standard InChI is InChI=1S/C68H117N2O6P/c1-6-8-10-12-14-16-18-20-22-23-24-25-26-27-28-29-30-31-32-33-34-35-36-37-38-39-40-41-42-43-44-45-46-47-48-50-52-54-56-58-60-62-68(72)69-66(65-76-77(73,74)75-64-63-70(3,4)5)67(71)61-59-57-55-53-51-49-21-19-17-15-13-11-9-7-2/h8,10,14,16,20,22,24-25,27-28,30-31,33-34,36-37,39-40,42-43,59,61,66-67,71H,6-7,9,11-13,15,17-19,21,23,26,29,32,35,38,41,44-58,60,62-65H2,1-5H3,(H-,69,72,73,74)/p+1/b10-8-,16-14-,22-20-,25-24-,28-27-,31-30-,34-33-,37-36-,40-39-,43-42-,61-59+. The first-order chi connectivity index (χ1) is 37.5. The Kier molecular flexibility index (Phi) is 54.8. The van der Waals surface area contributed by atoms with E-state index in [0.29, 0.717) is 17.4 Å². The van der Waals surface area contributed by atoms with Crippen molar-refractivity contribution in [2.45, 2.75) is 251 Å². The van der Waals surface area contributed by atoms with Gasteiger partial charge in [-0.25, -0.2) is 4.57 Å². The van der Waals surface area contributed by atoms with Crippen LogP contribution in [0.2, 0.25) is 0 Å². The molecule has 3 unspecified atom stereocenters. The number of carbonyl (C=O) groups excluding carboxylic acids is 1. The minimum atomic E-state index is -4.35. The predicted molar refractivity (Wildman–Crippen MR) is 336 cm³/mol. The molecule has 0 saturated heterocycles. The van der Waals surface area contributed by atoms with Gasteiger partial charge in [-0.1, -0.05) is 270 Å². The van der Waals surface area contributed by atoms with Gasteiger partial charge in [-0.2, -0.15) is 0 Å². The molecule has 9 heteroatoms. The number of quaternary nitrogens is 1. The lowest BCUT2D eigenvalue weighted by Gasteiger charge is -2.25. The van der Waals surface area contributed by atoms with Gasteiger partial charge in [0, 0.05) is 6.42 Å². The van der Waals surface area contributed by atoms with Gasteiger partial charge in [0.1, 0.15) is 13.2 Å². The van der Waals surface area contributed by atoms with Crippen LogP contribution in [0.3, 0.4) is 0 Å². The number of hydrogen-bond donors (Lipinski definition) is 3. The van der Waals surface area contributed by atoms with Crippen molar-refractivity contribution >= 4 is 13.7 Å². The van der Waals surface area contributed by atoms with E-state index >= 15 is 0 Å². The van der Waals surface area contributed by atoms with E-state index in [1.165, 1.54) is 109 Å². The van der Waals surface area contributed by atoms with Crippen LogP contribution in [0, 0.1) is 0 Å². The SMILES string of the molecule is CC/C=C\C/C=C\C/C=C\C/C=C\C/C=C\C/C=C\C/C=C\C/C=C\C/C=C\C/C=C\CCCCCCCCCCCCC(=O)NC(COP(=O)(O)OCC[N+](C)(C)C)C(O)/C=C/CCCCCCCCCCCCCC. The van der Waals surface area contributed by atoms with Crippen molar-refractivity contribution in [1.29, 1.82) is 0 Å². The van der Waals surface area contributed by atoms with E-state index in [1.54, 1.807) is 6.08 Å². The molecule has 0 radical (unpaired) electrons. The molecule has 0 aromatic rings. The van der Waals surface area contributed by atoms with Crippen LogP contribution in [0.1, 0.15) is 239 Å². The smallest absolute Gasteiger partial charge is 0.387 e. The van der Waals surface area contributed by atoms with Crippen LogP contribution in [0.5, 0.6) is 0 Å². The number of aliphatic hydroxyl groups excluding tert-OH is 1. The average Bonchev–Trinajstić information content (AvgIpc) is 3.39. The monoisotopic (exact) mass is 1090 g/mol. The van der Waals surface area contributed by atoms with Gasteiger partial charge in [0.15, 0.2) is 0 Å². The second kappa shape index (κ2) is 57.3. The minimum Gasteiger partial charge on any atom is -0.387 e. The molecule has 8 nitrogen and oxygen atoms in total. The quantitative estimate of drug-likeness (QED) is 0.0243. The van der Waals surface area contributed by atoms with E-state index in [0.717, 1.165) is 109 Å². The highest BCUT2D eigenvalue weighted by atomic mass is 31.2. The van der Waals surface area contributed by atoms with Crippen molar-refractivity contribution < 1.29 is 32.9 Å². The Balaban J connectivity index is 4.09. The van der Waals surface area contributed by atoms with Gasteiger partial charge in [0.2, 0.25) is 5.91 Å². The summed E-state index contributed by atoms with van der Waals surface area (Å²) in [7, 11) is 1.56. The highest BCUT2D eigenvalue weighted by Gasteiger charge is 2.27. The topological polar surface area (TPSA) is 105 Å². The number of phosphoric ester groups is 1.